The number of amides is 1. The predicted octanol–water partition coefficient (Wildman–Crippen LogP) is 4.06. The van der Waals surface area contributed by atoms with Crippen molar-refractivity contribution in [2.24, 2.45) is 0 Å². The average molecular weight is 448 g/mol. The van der Waals surface area contributed by atoms with Crippen LogP contribution >= 0.6 is 23.8 Å². The van der Waals surface area contributed by atoms with Crippen LogP contribution in [0, 0.1) is 11.7 Å². The summed E-state index contributed by atoms with van der Waals surface area (Å²) in [7, 11) is 0. The van der Waals surface area contributed by atoms with Gasteiger partial charge in [0.25, 0.3) is 5.91 Å². The number of hydrogen-bond acceptors (Lipinski definition) is 6. The average Bonchev–Trinajstić information content (AvgIpc) is 3.13. The van der Waals surface area contributed by atoms with E-state index < -0.39 is 0 Å². The Hall–Kier alpha value is -3.04. The van der Waals surface area contributed by atoms with Gasteiger partial charge in [0.05, 0.1) is 13.2 Å². The van der Waals surface area contributed by atoms with Gasteiger partial charge in [-0.05, 0) is 49.8 Å². The van der Waals surface area contributed by atoms with Crippen LogP contribution in [0.4, 0.5) is 5.69 Å². The Balaban J connectivity index is 1.66. The molecule has 0 atom stereocenters. The van der Waals surface area contributed by atoms with Crippen molar-refractivity contribution in [1.82, 2.24) is 14.9 Å². The van der Waals surface area contributed by atoms with E-state index in [0.717, 1.165) is 11.1 Å². The molecule has 0 aliphatic carbocycles. The number of aromatic amines is 1. The van der Waals surface area contributed by atoms with E-state index in [9.17, 15) is 4.79 Å². The maximum atomic E-state index is 12.2. The van der Waals surface area contributed by atoms with Crippen molar-refractivity contribution in [2.45, 2.75) is 20.4 Å². The number of benzene rings is 2. The Morgan fingerprint density at radius 1 is 1.23 bits per heavy atom. The summed E-state index contributed by atoms with van der Waals surface area (Å²) in [5.41, 5.74) is 5.69. The molecule has 3 aromatic rings. The van der Waals surface area contributed by atoms with Gasteiger partial charge in [-0.3, -0.25) is 9.89 Å². The second kappa shape index (κ2) is 10.1. The quantitative estimate of drug-likeness (QED) is 0.428. The zero-order chi connectivity index (χ0) is 21.5. The standard InChI is InChI=1S/C20H22ClN5O3S/c1-3-28-17-8-14(10-23-26-12-22-25-20(26)30)16(21)9-18(17)29-11-19(27)24-15-6-4-13(2)5-7-15/h4-9,12,23H,3,10-11H2,1-2H3,(H,24,27)(H,25,30). The first-order valence-electron chi connectivity index (χ1n) is 9.26. The Morgan fingerprint density at radius 3 is 2.63 bits per heavy atom. The van der Waals surface area contributed by atoms with E-state index in [4.69, 9.17) is 33.3 Å². The summed E-state index contributed by atoms with van der Waals surface area (Å²) in [5.74, 6) is 0.611. The van der Waals surface area contributed by atoms with Crippen molar-refractivity contribution >= 4 is 35.4 Å². The smallest absolute Gasteiger partial charge is 0.262 e. The molecule has 0 aliphatic rings. The number of halogens is 1. The van der Waals surface area contributed by atoms with Crippen LogP contribution in [0.15, 0.2) is 42.7 Å². The summed E-state index contributed by atoms with van der Waals surface area (Å²) in [6, 6.07) is 10.9. The van der Waals surface area contributed by atoms with Gasteiger partial charge in [0.2, 0.25) is 4.77 Å². The Morgan fingerprint density at radius 2 is 1.97 bits per heavy atom. The molecular formula is C20H22ClN5O3S. The van der Waals surface area contributed by atoms with Gasteiger partial charge in [0, 0.05) is 16.8 Å². The zero-order valence-electron chi connectivity index (χ0n) is 16.6. The molecule has 0 saturated carbocycles. The van der Waals surface area contributed by atoms with Gasteiger partial charge in [0.1, 0.15) is 6.33 Å². The van der Waals surface area contributed by atoms with Crippen LogP contribution in [-0.4, -0.2) is 34.0 Å². The first-order chi connectivity index (χ1) is 14.5. The van der Waals surface area contributed by atoms with Gasteiger partial charge in [0.15, 0.2) is 18.1 Å². The lowest BCUT2D eigenvalue weighted by molar-refractivity contribution is -0.118. The molecule has 10 heteroatoms. The molecule has 1 heterocycles. The molecule has 30 heavy (non-hydrogen) atoms. The molecule has 1 amide bonds. The number of hydrogen-bond donors (Lipinski definition) is 3. The van der Waals surface area contributed by atoms with E-state index >= 15 is 0 Å². The molecule has 158 valence electrons. The Labute approximate surface area is 184 Å². The molecule has 0 spiro atoms. The topological polar surface area (TPSA) is 93.2 Å². The summed E-state index contributed by atoms with van der Waals surface area (Å²) in [6.45, 7) is 4.50. The minimum absolute atomic E-state index is 0.175. The summed E-state index contributed by atoms with van der Waals surface area (Å²) < 4.78 is 13.4. The van der Waals surface area contributed by atoms with Gasteiger partial charge in [-0.1, -0.05) is 29.3 Å². The Kier molecular flexibility index (Phi) is 7.31. The number of carbonyl (C=O) groups excluding carboxylic acids is 1. The molecule has 0 saturated heterocycles. The number of ether oxygens (including phenoxy) is 2. The van der Waals surface area contributed by atoms with Crippen LogP contribution in [0.2, 0.25) is 5.02 Å². The van der Waals surface area contributed by atoms with Crippen LogP contribution < -0.4 is 20.2 Å². The number of nitrogens with one attached hydrogen (secondary N) is 3. The van der Waals surface area contributed by atoms with Crippen molar-refractivity contribution in [2.75, 3.05) is 24.0 Å². The summed E-state index contributed by atoms with van der Waals surface area (Å²) >= 11 is 11.5. The largest absolute Gasteiger partial charge is 0.490 e. The van der Waals surface area contributed by atoms with Crippen LogP contribution in [0.5, 0.6) is 11.5 Å². The highest BCUT2D eigenvalue weighted by Gasteiger charge is 2.13. The van der Waals surface area contributed by atoms with Crippen molar-refractivity contribution in [3.63, 3.8) is 0 Å². The minimum Gasteiger partial charge on any atom is -0.490 e. The van der Waals surface area contributed by atoms with E-state index in [0.29, 0.717) is 40.1 Å². The molecular weight excluding hydrogens is 426 g/mol. The maximum absolute atomic E-state index is 12.2. The number of anilines is 1. The zero-order valence-corrected chi connectivity index (χ0v) is 18.1. The van der Waals surface area contributed by atoms with Gasteiger partial charge in [-0.2, -0.15) is 5.10 Å². The molecule has 1 aromatic heterocycles. The predicted molar refractivity (Wildman–Crippen MR) is 118 cm³/mol. The van der Waals surface area contributed by atoms with Crippen LogP contribution in [0.1, 0.15) is 18.1 Å². The highest BCUT2D eigenvalue weighted by Crippen LogP contribution is 2.34. The van der Waals surface area contributed by atoms with E-state index in [-0.39, 0.29) is 12.5 Å². The molecule has 0 bridgehead atoms. The molecule has 0 fully saturated rings. The van der Waals surface area contributed by atoms with Gasteiger partial charge < -0.3 is 20.2 Å². The molecule has 0 aliphatic heterocycles. The second-order valence-corrected chi connectivity index (χ2v) is 7.19. The van der Waals surface area contributed by atoms with E-state index in [1.165, 1.54) is 6.33 Å². The normalized spacial score (nSPS) is 10.5. The monoisotopic (exact) mass is 447 g/mol. The third-order valence-electron chi connectivity index (χ3n) is 4.10. The first kappa shape index (κ1) is 21.7. The number of rotatable bonds is 9. The van der Waals surface area contributed by atoms with Crippen LogP contribution in [-0.2, 0) is 11.3 Å². The SMILES string of the molecule is CCOc1cc(CNn2cn[nH]c2=S)c(Cl)cc1OCC(=O)Nc1ccc(C)cc1. The molecule has 3 N–H and O–H groups in total. The lowest BCUT2D eigenvalue weighted by atomic mass is 10.2. The third kappa shape index (κ3) is 5.74. The van der Waals surface area contributed by atoms with Crippen molar-refractivity contribution in [3.8, 4) is 11.5 Å². The van der Waals surface area contributed by atoms with Crippen molar-refractivity contribution in [1.29, 1.82) is 0 Å². The first-order valence-corrected chi connectivity index (χ1v) is 10.1. The van der Waals surface area contributed by atoms with E-state index in [2.05, 4.69) is 20.9 Å². The number of carbonyl (C=O) groups is 1. The molecule has 2 aromatic carbocycles. The maximum Gasteiger partial charge on any atom is 0.262 e. The molecule has 8 nitrogen and oxygen atoms in total. The van der Waals surface area contributed by atoms with Crippen LogP contribution in [0.25, 0.3) is 0 Å². The second-order valence-electron chi connectivity index (χ2n) is 6.39. The van der Waals surface area contributed by atoms with Gasteiger partial charge in [-0.15, -0.1) is 0 Å². The van der Waals surface area contributed by atoms with Crippen molar-refractivity contribution in [3.05, 3.63) is 63.6 Å². The third-order valence-corrected chi connectivity index (χ3v) is 4.74. The number of aromatic nitrogens is 3. The fourth-order valence-electron chi connectivity index (χ4n) is 2.60. The molecule has 3 rings (SSSR count). The summed E-state index contributed by atoms with van der Waals surface area (Å²) in [6.07, 6.45) is 1.53. The highest BCUT2D eigenvalue weighted by molar-refractivity contribution is 7.71. The van der Waals surface area contributed by atoms with Gasteiger partial charge >= 0.3 is 0 Å². The van der Waals surface area contributed by atoms with E-state index in [1.807, 2.05) is 38.1 Å². The fraction of sp³-hybridized carbons (Fsp3) is 0.250. The number of H-pyrrole nitrogens is 1. The molecule has 0 unspecified atom stereocenters. The van der Waals surface area contributed by atoms with Crippen LogP contribution in [0.3, 0.4) is 0 Å². The van der Waals surface area contributed by atoms with E-state index in [1.54, 1.807) is 16.8 Å². The minimum atomic E-state index is -0.280. The summed E-state index contributed by atoms with van der Waals surface area (Å²) in [5, 5.41) is 9.76. The fourth-order valence-corrected chi connectivity index (χ4v) is 2.99. The highest BCUT2D eigenvalue weighted by atomic mass is 35.5. The lowest BCUT2D eigenvalue weighted by Gasteiger charge is -2.15. The number of aryl methyl sites for hydroxylation is 1. The van der Waals surface area contributed by atoms with Gasteiger partial charge in [-0.25, -0.2) is 4.68 Å². The molecule has 0 radical (unpaired) electrons. The number of nitrogens with zero attached hydrogens (tertiary/aromatic N) is 2. The lowest BCUT2D eigenvalue weighted by Crippen LogP contribution is -2.20. The Bertz CT molecular complexity index is 1070. The summed E-state index contributed by atoms with van der Waals surface area (Å²) in [4.78, 5) is 12.2. The van der Waals surface area contributed by atoms with Crippen molar-refractivity contribution < 1.29 is 14.3 Å².